The van der Waals surface area contributed by atoms with Crippen LogP contribution in [0.15, 0.2) is 23.1 Å². The van der Waals surface area contributed by atoms with E-state index in [-0.39, 0.29) is 11.3 Å². The molecule has 0 saturated heterocycles. The van der Waals surface area contributed by atoms with Gasteiger partial charge in [0.05, 0.1) is 11.6 Å². The smallest absolute Gasteiger partial charge is 0.400 e. The summed E-state index contributed by atoms with van der Waals surface area (Å²) in [6, 6.07) is 2.52. The van der Waals surface area contributed by atoms with E-state index in [9.17, 15) is 14.9 Å². The lowest BCUT2D eigenvalue weighted by molar-refractivity contribution is -0.402. The number of hydrogen-bond donors (Lipinski definition) is 1. The van der Waals surface area contributed by atoms with E-state index in [0.717, 1.165) is 0 Å². The average molecular weight is 210 g/mol. The largest absolute Gasteiger partial charge is 0.433 e. The monoisotopic (exact) mass is 210 g/mol. The van der Waals surface area contributed by atoms with Crippen molar-refractivity contribution in [2.75, 3.05) is 6.54 Å². The molecule has 0 aliphatic heterocycles. The van der Waals surface area contributed by atoms with E-state index in [1.54, 1.807) is 6.92 Å². The van der Waals surface area contributed by atoms with Gasteiger partial charge >= 0.3 is 5.88 Å². The summed E-state index contributed by atoms with van der Waals surface area (Å²) in [5, 5.41) is 12.8. The Hall–Kier alpha value is -2.11. The average Bonchev–Trinajstić information content (AvgIpc) is 2.65. The molecule has 1 N–H and O–H groups in total. The Balaban J connectivity index is 2.83. The fourth-order valence-electron chi connectivity index (χ4n) is 0.967. The van der Waals surface area contributed by atoms with E-state index in [0.29, 0.717) is 6.54 Å². The molecule has 6 heteroatoms. The number of carbonyl (C=O) groups is 1. The second-order valence-corrected chi connectivity index (χ2v) is 2.73. The molecule has 1 heterocycles. The molecule has 0 saturated carbocycles. The SMILES string of the molecule is C=C(C(=O)NCC)c1ccc([N+](=O)[O-])o1. The Kier molecular flexibility index (Phi) is 3.22. The van der Waals surface area contributed by atoms with Gasteiger partial charge in [0.2, 0.25) is 0 Å². The third-order valence-electron chi connectivity index (χ3n) is 1.68. The Morgan fingerprint density at radius 3 is 2.80 bits per heavy atom. The molecular formula is C9H10N2O4. The zero-order chi connectivity index (χ0) is 11.4. The molecule has 0 atom stereocenters. The topological polar surface area (TPSA) is 85.4 Å². The molecule has 0 fully saturated rings. The quantitative estimate of drug-likeness (QED) is 0.461. The lowest BCUT2D eigenvalue weighted by atomic mass is 10.2. The Morgan fingerprint density at radius 1 is 1.67 bits per heavy atom. The minimum atomic E-state index is -0.672. The molecule has 1 aromatic heterocycles. The second-order valence-electron chi connectivity index (χ2n) is 2.73. The van der Waals surface area contributed by atoms with Gasteiger partial charge in [-0.3, -0.25) is 14.9 Å². The highest BCUT2D eigenvalue weighted by Crippen LogP contribution is 2.21. The first-order chi connectivity index (χ1) is 7.06. The molecule has 0 radical (unpaired) electrons. The van der Waals surface area contributed by atoms with Crippen molar-refractivity contribution in [1.82, 2.24) is 5.32 Å². The van der Waals surface area contributed by atoms with Crippen molar-refractivity contribution in [3.05, 3.63) is 34.6 Å². The molecular weight excluding hydrogens is 200 g/mol. The van der Waals surface area contributed by atoms with Crippen LogP contribution in [0.1, 0.15) is 12.7 Å². The maximum atomic E-state index is 11.3. The van der Waals surface area contributed by atoms with Gasteiger partial charge in [0.25, 0.3) is 5.91 Å². The van der Waals surface area contributed by atoms with Crippen molar-refractivity contribution in [3.8, 4) is 0 Å². The minimum absolute atomic E-state index is 0.0740. The minimum Gasteiger partial charge on any atom is -0.400 e. The Bertz CT molecular complexity index is 408. The van der Waals surface area contributed by atoms with Gasteiger partial charge in [-0.2, -0.15) is 0 Å². The third kappa shape index (κ3) is 2.43. The number of nitro groups is 1. The molecule has 1 amide bonds. The van der Waals surface area contributed by atoms with Crippen LogP contribution < -0.4 is 5.32 Å². The Labute approximate surface area is 85.7 Å². The maximum absolute atomic E-state index is 11.3. The van der Waals surface area contributed by atoms with Crippen LogP contribution in [-0.2, 0) is 4.79 Å². The van der Waals surface area contributed by atoms with Crippen LogP contribution >= 0.6 is 0 Å². The van der Waals surface area contributed by atoms with E-state index in [2.05, 4.69) is 11.9 Å². The van der Waals surface area contributed by atoms with Gasteiger partial charge in [0.1, 0.15) is 10.7 Å². The molecule has 0 unspecified atom stereocenters. The predicted octanol–water partition coefficient (Wildman–Crippen LogP) is 1.34. The summed E-state index contributed by atoms with van der Waals surface area (Å²) in [6.45, 7) is 5.71. The first-order valence-electron chi connectivity index (χ1n) is 4.28. The summed E-state index contributed by atoms with van der Waals surface area (Å²) in [5.74, 6) is -0.704. The van der Waals surface area contributed by atoms with Crippen LogP contribution in [0.5, 0.6) is 0 Å². The molecule has 15 heavy (non-hydrogen) atoms. The summed E-state index contributed by atoms with van der Waals surface area (Å²) in [4.78, 5) is 20.9. The van der Waals surface area contributed by atoms with E-state index < -0.39 is 16.7 Å². The number of hydrogen-bond acceptors (Lipinski definition) is 4. The van der Waals surface area contributed by atoms with Crippen LogP contribution in [0.25, 0.3) is 5.57 Å². The standard InChI is InChI=1S/C9H10N2O4/c1-3-10-9(12)6(2)7-4-5-8(15-7)11(13)14/h4-5H,2-3H2,1H3,(H,10,12). The summed E-state index contributed by atoms with van der Waals surface area (Å²) < 4.78 is 4.81. The van der Waals surface area contributed by atoms with Crippen molar-refractivity contribution < 1.29 is 14.1 Å². The highest BCUT2D eigenvalue weighted by molar-refractivity contribution is 6.17. The molecule has 0 aliphatic rings. The van der Waals surface area contributed by atoms with Crippen molar-refractivity contribution in [2.45, 2.75) is 6.92 Å². The maximum Gasteiger partial charge on any atom is 0.433 e. The van der Waals surface area contributed by atoms with Gasteiger partial charge in [-0.15, -0.1) is 0 Å². The molecule has 0 bridgehead atoms. The zero-order valence-corrected chi connectivity index (χ0v) is 8.15. The number of likely N-dealkylation sites (N-methyl/N-ethyl adjacent to an activating group) is 1. The third-order valence-corrected chi connectivity index (χ3v) is 1.68. The summed E-state index contributed by atoms with van der Waals surface area (Å²) in [5.41, 5.74) is 0.0740. The highest BCUT2D eigenvalue weighted by Gasteiger charge is 2.17. The molecule has 0 aromatic carbocycles. The first kappa shape index (κ1) is 11.0. The van der Waals surface area contributed by atoms with E-state index >= 15 is 0 Å². The number of nitrogens with one attached hydrogen (secondary N) is 1. The number of rotatable bonds is 4. The van der Waals surface area contributed by atoms with Crippen molar-refractivity contribution >= 4 is 17.4 Å². The lowest BCUT2D eigenvalue weighted by Crippen LogP contribution is -2.23. The number of amides is 1. The van der Waals surface area contributed by atoms with E-state index in [4.69, 9.17) is 4.42 Å². The lowest BCUT2D eigenvalue weighted by Gasteiger charge is -2.01. The number of carbonyl (C=O) groups excluding carboxylic acids is 1. The van der Waals surface area contributed by atoms with Gasteiger partial charge in [-0.05, 0) is 13.0 Å². The summed E-state index contributed by atoms with van der Waals surface area (Å²) >= 11 is 0. The molecule has 1 rings (SSSR count). The fraction of sp³-hybridized carbons (Fsp3) is 0.222. The number of furan rings is 1. The zero-order valence-electron chi connectivity index (χ0n) is 8.15. The van der Waals surface area contributed by atoms with Crippen LogP contribution in [-0.4, -0.2) is 17.4 Å². The van der Waals surface area contributed by atoms with E-state index in [1.807, 2.05) is 0 Å². The van der Waals surface area contributed by atoms with Gasteiger partial charge in [0, 0.05) is 6.54 Å². The summed E-state index contributed by atoms with van der Waals surface area (Å²) in [6.07, 6.45) is 0. The molecule has 80 valence electrons. The van der Waals surface area contributed by atoms with E-state index in [1.165, 1.54) is 12.1 Å². The van der Waals surface area contributed by atoms with Gasteiger partial charge < -0.3 is 9.73 Å². The summed E-state index contributed by atoms with van der Waals surface area (Å²) in [7, 11) is 0. The van der Waals surface area contributed by atoms with Crippen molar-refractivity contribution in [2.24, 2.45) is 0 Å². The van der Waals surface area contributed by atoms with Crippen molar-refractivity contribution in [1.29, 1.82) is 0 Å². The number of nitrogens with zero attached hydrogens (tertiary/aromatic N) is 1. The normalized spacial score (nSPS) is 9.67. The predicted molar refractivity (Wildman–Crippen MR) is 53.1 cm³/mol. The molecule has 0 spiro atoms. The Morgan fingerprint density at radius 2 is 2.33 bits per heavy atom. The van der Waals surface area contributed by atoms with Gasteiger partial charge in [0.15, 0.2) is 0 Å². The molecule has 6 nitrogen and oxygen atoms in total. The molecule has 0 aliphatic carbocycles. The van der Waals surface area contributed by atoms with Crippen LogP contribution in [0, 0.1) is 10.1 Å². The van der Waals surface area contributed by atoms with Gasteiger partial charge in [-0.1, -0.05) is 6.58 Å². The van der Waals surface area contributed by atoms with Crippen LogP contribution in [0.3, 0.4) is 0 Å². The second kappa shape index (κ2) is 4.41. The highest BCUT2D eigenvalue weighted by atomic mass is 16.6. The first-order valence-corrected chi connectivity index (χ1v) is 4.28. The van der Waals surface area contributed by atoms with Gasteiger partial charge in [-0.25, -0.2) is 0 Å². The van der Waals surface area contributed by atoms with Crippen LogP contribution in [0.2, 0.25) is 0 Å². The van der Waals surface area contributed by atoms with Crippen LogP contribution in [0.4, 0.5) is 5.88 Å². The fourth-order valence-corrected chi connectivity index (χ4v) is 0.967. The van der Waals surface area contributed by atoms with Crippen molar-refractivity contribution in [3.63, 3.8) is 0 Å². The molecule has 1 aromatic rings.